The molecule has 0 aromatic carbocycles. The summed E-state index contributed by atoms with van der Waals surface area (Å²) < 4.78 is 35.6. The predicted molar refractivity (Wildman–Crippen MR) is 48.9 cm³/mol. The van der Waals surface area contributed by atoms with Gasteiger partial charge in [-0.3, -0.25) is 4.79 Å². The number of nitrogens with one attached hydrogen (secondary N) is 1. The second kappa shape index (κ2) is 5.57. The largest absolute Gasteiger partial charge is 0.481 e. The number of carbonyl (C=O) groups excluding carboxylic acids is 1. The van der Waals surface area contributed by atoms with Crippen LogP contribution >= 0.6 is 0 Å². The number of hydrogen-bond donors (Lipinski definition) is 2. The number of carbonyl (C=O) groups is 2. The maximum absolute atomic E-state index is 11.9. The van der Waals surface area contributed by atoms with E-state index >= 15 is 0 Å². The van der Waals surface area contributed by atoms with Crippen molar-refractivity contribution in [2.45, 2.75) is 13.1 Å². The van der Waals surface area contributed by atoms with Gasteiger partial charge in [0, 0.05) is 13.6 Å². The summed E-state index contributed by atoms with van der Waals surface area (Å²) in [7, 11) is 0.980. The van der Waals surface area contributed by atoms with Crippen molar-refractivity contribution in [2.75, 3.05) is 20.1 Å². The van der Waals surface area contributed by atoms with Gasteiger partial charge in [-0.25, -0.2) is 4.79 Å². The second-order valence-electron chi connectivity index (χ2n) is 3.40. The highest BCUT2D eigenvalue weighted by molar-refractivity contribution is 5.75. The van der Waals surface area contributed by atoms with Crippen LogP contribution in [0, 0.1) is 5.92 Å². The summed E-state index contributed by atoms with van der Waals surface area (Å²) in [6.07, 6.45) is -4.47. The summed E-state index contributed by atoms with van der Waals surface area (Å²) in [5, 5.41) is 10.6. The maximum Gasteiger partial charge on any atom is 0.406 e. The Kier molecular flexibility index (Phi) is 5.06. The van der Waals surface area contributed by atoms with E-state index in [1.165, 1.54) is 6.92 Å². The lowest BCUT2D eigenvalue weighted by Crippen LogP contribution is -2.44. The lowest BCUT2D eigenvalue weighted by Gasteiger charge is -2.20. The van der Waals surface area contributed by atoms with E-state index in [9.17, 15) is 22.8 Å². The first kappa shape index (κ1) is 14.5. The van der Waals surface area contributed by atoms with Gasteiger partial charge in [0.2, 0.25) is 0 Å². The van der Waals surface area contributed by atoms with E-state index in [0.29, 0.717) is 4.90 Å². The van der Waals surface area contributed by atoms with E-state index in [0.717, 1.165) is 7.05 Å². The van der Waals surface area contributed by atoms with Gasteiger partial charge < -0.3 is 15.3 Å². The van der Waals surface area contributed by atoms with Crippen molar-refractivity contribution in [3.05, 3.63) is 0 Å². The Hall–Kier alpha value is -1.47. The minimum Gasteiger partial charge on any atom is -0.481 e. The molecule has 0 aromatic rings. The third-order valence-electron chi connectivity index (χ3n) is 1.74. The van der Waals surface area contributed by atoms with Gasteiger partial charge >= 0.3 is 18.2 Å². The summed E-state index contributed by atoms with van der Waals surface area (Å²) in [5.74, 6) is -1.97. The molecule has 0 aliphatic carbocycles. The molecule has 5 nitrogen and oxygen atoms in total. The molecule has 94 valence electrons. The molecule has 0 saturated carbocycles. The van der Waals surface area contributed by atoms with Gasteiger partial charge in [-0.05, 0) is 0 Å². The Morgan fingerprint density at radius 2 is 1.94 bits per heavy atom. The zero-order valence-corrected chi connectivity index (χ0v) is 8.84. The van der Waals surface area contributed by atoms with Gasteiger partial charge in [0.15, 0.2) is 0 Å². The second-order valence-corrected chi connectivity index (χ2v) is 3.40. The van der Waals surface area contributed by atoms with Gasteiger partial charge in [0.25, 0.3) is 0 Å². The van der Waals surface area contributed by atoms with Crippen molar-refractivity contribution in [1.29, 1.82) is 0 Å². The van der Waals surface area contributed by atoms with Crippen LogP contribution in [0.15, 0.2) is 0 Å². The summed E-state index contributed by atoms with van der Waals surface area (Å²) in [6.45, 7) is -0.247. The Morgan fingerprint density at radius 3 is 2.31 bits per heavy atom. The molecule has 0 aliphatic heterocycles. The average molecular weight is 242 g/mol. The molecular formula is C8H13F3N2O3. The van der Waals surface area contributed by atoms with E-state index in [4.69, 9.17) is 5.11 Å². The molecule has 0 saturated heterocycles. The van der Waals surface area contributed by atoms with E-state index < -0.39 is 30.6 Å². The molecule has 1 atom stereocenters. The molecule has 0 spiro atoms. The highest BCUT2D eigenvalue weighted by Crippen LogP contribution is 2.15. The highest BCUT2D eigenvalue weighted by atomic mass is 19.4. The van der Waals surface area contributed by atoms with E-state index in [1.807, 2.05) is 0 Å². The summed E-state index contributed by atoms with van der Waals surface area (Å²) >= 11 is 0. The molecule has 0 aliphatic rings. The van der Waals surface area contributed by atoms with E-state index in [-0.39, 0.29) is 6.54 Å². The zero-order chi connectivity index (χ0) is 12.9. The molecule has 0 bridgehead atoms. The molecule has 1 unspecified atom stereocenters. The van der Waals surface area contributed by atoms with Gasteiger partial charge in [-0.2, -0.15) is 13.2 Å². The number of nitrogens with zero attached hydrogens (tertiary/aromatic N) is 1. The van der Waals surface area contributed by atoms with Crippen molar-refractivity contribution in [3.63, 3.8) is 0 Å². The van der Waals surface area contributed by atoms with Gasteiger partial charge in [0.05, 0.1) is 5.92 Å². The molecule has 2 N–H and O–H groups in total. The van der Waals surface area contributed by atoms with Crippen LogP contribution in [0.1, 0.15) is 6.92 Å². The van der Waals surface area contributed by atoms with Gasteiger partial charge in [0.1, 0.15) is 6.54 Å². The topological polar surface area (TPSA) is 69.6 Å². The number of amides is 2. The molecule has 2 amide bonds. The zero-order valence-electron chi connectivity index (χ0n) is 8.84. The minimum atomic E-state index is -4.47. The van der Waals surface area contributed by atoms with Crippen LogP contribution in [0.3, 0.4) is 0 Å². The number of urea groups is 1. The molecule has 0 heterocycles. The van der Waals surface area contributed by atoms with Crippen molar-refractivity contribution in [2.24, 2.45) is 5.92 Å². The van der Waals surface area contributed by atoms with Crippen LogP contribution in [0.4, 0.5) is 18.0 Å². The fraction of sp³-hybridized carbons (Fsp3) is 0.750. The monoisotopic (exact) mass is 242 g/mol. The van der Waals surface area contributed by atoms with Crippen molar-refractivity contribution in [3.8, 4) is 0 Å². The standard InChI is InChI=1S/C8H13F3N2O3/c1-5(6(14)15)3-12-7(16)13(2)4-8(9,10)11/h5H,3-4H2,1-2H3,(H,12,16)(H,14,15). The molecule has 16 heavy (non-hydrogen) atoms. The van der Waals surface area contributed by atoms with E-state index in [1.54, 1.807) is 0 Å². The maximum atomic E-state index is 11.9. The first-order valence-corrected chi connectivity index (χ1v) is 4.42. The third kappa shape index (κ3) is 6.10. The quantitative estimate of drug-likeness (QED) is 0.769. The SMILES string of the molecule is CC(CNC(=O)N(C)CC(F)(F)F)C(=O)O. The van der Waals surface area contributed by atoms with Crippen LogP contribution in [0.5, 0.6) is 0 Å². The Morgan fingerprint density at radius 1 is 1.44 bits per heavy atom. The number of carboxylic acid groups (broad SMARTS) is 1. The number of halogens is 3. The Balaban J connectivity index is 4.02. The normalized spacial score (nSPS) is 13.1. The van der Waals surface area contributed by atoms with Crippen LogP contribution in [0.25, 0.3) is 0 Å². The van der Waals surface area contributed by atoms with Crippen LogP contribution < -0.4 is 5.32 Å². The van der Waals surface area contributed by atoms with Crippen LogP contribution in [-0.4, -0.2) is 48.3 Å². The molecule has 0 fully saturated rings. The molecular weight excluding hydrogens is 229 g/mol. The fourth-order valence-electron chi connectivity index (χ4n) is 0.803. The molecule has 0 aromatic heterocycles. The fourth-order valence-corrected chi connectivity index (χ4v) is 0.803. The number of aliphatic carboxylic acids is 1. The lowest BCUT2D eigenvalue weighted by atomic mass is 10.2. The third-order valence-corrected chi connectivity index (χ3v) is 1.74. The summed E-state index contributed by atoms with van der Waals surface area (Å²) in [4.78, 5) is 21.9. The predicted octanol–water partition coefficient (Wildman–Crippen LogP) is 0.911. The first-order chi connectivity index (χ1) is 7.13. The number of alkyl halides is 3. The smallest absolute Gasteiger partial charge is 0.406 e. The lowest BCUT2D eigenvalue weighted by molar-refractivity contribution is -0.141. The first-order valence-electron chi connectivity index (χ1n) is 4.42. The number of carboxylic acids is 1. The Bertz CT molecular complexity index is 268. The van der Waals surface area contributed by atoms with Crippen LogP contribution in [-0.2, 0) is 4.79 Å². The summed E-state index contributed by atoms with van der Waals surface area (Å²) in [5.41, 5.74) is 0. The van der Waals surface area contributed by atoms with Crippen molar-refractivity contribution in [1.82, 2.24) is 10.2 Å². The van der Waals surface area contributed by atoms with Gasteiger partial charge in [-0.1, -0.05) is 6.92 Å². The number of hydrogen-bond acceptors (Lipinski definition) is 2. The minimum absolute atomic E-state index is 0.212. The van der Waals surface area contributed by atoms with Crippen molar-refractivity contribution < 1.29 is 27.9 Å². The molecule has 0 radical (unpaired) electrons. The molecule has 8 heteroatoms. The van der Waals surface area contributed by atoms with E-state index in [2.05, 4.69) is 5.32 Å². The average Bonchev–Trinajstić information content (AvgIpc) is 2.10. The summed E-state index contributed by atoms with van der Waals surface area (Å²) in [6, 6.07) is -0.953. The van der Waals surface area contributed by atoms with Crippen molar-refractivity contribution >= 4 is 12.0 Å². The molecule has 0 rings (SSSR count). The number of rotatable bonds is 4. The highest BCUT2D eigenvalue weighted by Gasteiger charge is 2.31. The van der Waals surface area contributed by atoms with Gasteiger partial charge in [-0.15, -0.1) is 0 Å². The van der Waals surface area contributed by atoms with Crippen LogP contribution in [0.2, 0.25) is 0 Å². The Labute approximate surface area is 90.2 Å².